The van der Waals surface area contributed by atoms with Gasteiger partial charge in [-0.3, -0.25) is 4.98 Å². The number of hydrogen-bond donors (Lipinski definition) is 1. The maximum Gasteiger partial charge on any atom is 0.338 e. The highest BCUT2D eigenvalue weighted by Crippen LogP contribution is 2.38. The molecule has 1 N–H and O–H groups in total. The van der Waals surface area contributed by atoms with Crippen LogP contribution in [0.5, 0.6) is 0 Å². The fraction of sp³-hybridized carbons (Fsp3) is 0. The van der Waals surface area contributed by atoms with Crippen molar-refractivity contribution in [1.29, 1.82) is 0 Å². The lowest BCUT2D eigenvalue weighted by molar-refractivity contribution is 0.0691. The van der Waals surface area contributed by atoms with E-state index in [0.29, 0.717) is 0 Å². The predicted molar refractivity (Wildman–Crippen MR) is 71.6 cm³/mol. The smallest absolute Gasteiger partial charge is 0.338 e. The molecule has 0 amide bonds. The molecule has 3 nitrogen and oxygen atoms in total. The van der Waals surface area contributed by atoms with Crippen LogP contribution in [0.4, 0.5) is 4.39 Å². The zero-order valence-corrected chi connectivity index (χ0v) is 11.4. The summed E-state index contributed by atoms with van der Waals surface area (Å²) in [6.07, 6.45) is 0.798. The SMILES string of the molecule is O=C(O)c1cc(-c2c(Cl)ccc(Cl)c2Cl)ncc1F. The van der Waals surface area contributed by atoms with Crippen LogP contribution in [-0.4, -0.2) is 16.1 Å². The molecular weight excluding hydrogens is 315 g/mol. The maximum absolute atomic E-state index is 13.3. The highest BCUT2D eigenvalue weighted by molar-refractivity contribution is 6.46. The van der Waals surface area contributed by atoms with Crippen LogP contribution in [0, 0.1) is 5.82 Å². The first kappa shape index (κ1) is 14.1. The number of benzene rings is 1. The Labute approximate surface area is 122 Å². The van der Waals surface area contributed by atoms with Gasteiger partial charge in [-0.2, -0.15) is 0 Å². The highest BCUT2D eigenvalue weighted by Gasteiger charge is 2.17. The molecule has 0 saturated carbocycles. The fourth-order valence-corrected chi connectivity index (χ4v) is 2.22. The minimum atomic E-state index is -1.41. The molecule has 1 aromatic heterocycles. The van der Waals surface area contributed by atoms with Crippen molar-refractivity contribution in [3.05, 3.63) is 50.8 Å². The molecule has 0 aliphatic rings. The van der Waals surface area contributed by atoms with Crippen LogP contribution in [0.25, 0.3) is 11.3 Å². The average Bonchev–Trinajstić information content (AvgIpc) is 2.36. The Bertz CT molecular complexity index is 676. The fourth-order valence-electron chi connectivity index (χ4n) is 1.50. The molecule has 2 aromatic rings. The summed E-state index contributed by atoms with van der Waals surface area (Å²) >= 11 is 17.9. The minimum Gasteiger partial charge on any atom is -0.478 e. The van der Waals surface area contributed by atoms with Gasteiger partial charge in [0.1, 0.15) is 0 Å². The Balaban J connectivity index is 2.70. The van der Waals surface area contributed by atoms with Gasteiger partial charge < -0.3 is 5.11 Å². The van der Waals surface area contributed by atoms with Gasteiger partial charge in [0.2, 0.25) is 0 Å². The zero-order chi connectivity index (χ0) is 14.2. The van der Waals surface area contributed by atoms with Crippen molar-refractivity contribution in [2.45, 2.75) is 0 Å². The Hall–Kier alpha value is -1.36. The normalized spacial score (nSPS) is 10.5. The van der Waals surface area contributed by atoms with Gasteiger partial charge in [-0.1, -0.05) is 34.8 Å². The lowest BCUT2D eigenvalue weighted by Gasteiger charge is -2.08. The van der Waals surface area contributed by atoms with Crippen molar-refractivity contribution >= 4 is 40.8 Å². The lowest BCUT2D eigenvalue weighted by atomic mass is 10.1. The van der Waals surface area contributed by atoms with Crippen molar-refractivity contribution in [2.75, 3.05) is 0 Å². The number of carboxylic acid groups (broad SMARTS) is 1. The van der Waals surface area contributed by atoms with Crippen molar-refractivity contribution < 1.29 is 14.3 Å². The molecule has 1 heterocycles. The molecule has 0 saturated heterocycles. The lowest BCUT2D eigenvalue weighted by Crippen LogP contribution is -2.02. The van der Waals surface area contributed by atoms with E-state index in [4.69, 9.17) is 39.9 Å². The van der Waals surface area contributed by atoms with E-state index in [2.05, 4.69) is 4.98 Å². The number of halogens is 4. The van der Waals surface area contributed by atoms with Crippen LogP contribution in [0.15, 0.2) is 24.4 Å². The van der Waals surface area contributed by atoms with Crippen LogP contribution in [0.2, 0.25) is 15.1 Å². The van der Waals surface area contributed by atoms with E-state index in [9.17, 15) is 9.18 Å². The summed E-state index contributed by atoms with van der Waals surface area (Å²) in [5, 5.41) is 9.48. The summed E-state index contributed by atoms with van der Waals surface area (Å²) in [6.45, 7) is 0. The number of aromatic carboxylic acids is 1. The van der Waals surface area contributed by atoms with Gasteiger partial charge in [0, 0.05) is 5.56 Å². The molecule has 0 fully saturated rings. The summed E-state index contributed by atoms with van der Waals surface area (Å²) < 4.78 is 13.3. The summed E-state index contributed by atoms with van der Waals surface area (Å²) in [4.78, 5) is 14.7. The monoisotopic (exact) mass is 319 g/mol. The zero-order valence-electron chi connectivity index (χ0n) is 9.12. The van der Waals surface area contributed by atoms with Gasteiger partial charge in [0.05, 0.1) is 32.5 Å². The van der Waals surface area contributed by atoms with Crippen LogP contribution in [-0.2, 0) is 0 Å². The molecule has 2 rings (SSSR count). The summed E-state index contributed by atoms with van der Waals surface area (Å²) in [5.74, 6) is -2.35. The molecule has 98 valence electrons. The minimum absolute atomic E-state index is 0.129. The maximum atomic E-state index is 13.3. The number of aromatic nitrogens is 1. The van der Waals surface area contributed by atoms with E-state index in [1.54, 1.807) is 0 Å². The molecule has 1 aromatic carbocycles. The molecule has 0 aliphatic carbocycles. The van der Waals surface area contributed by atoms with Crippen molar-refractivity contribution in [2.24, 2.45) is 0 Å². The van der Waals surface area contributed by atoms with E-state index in [1.807, 2.05) is 0 Å². The van der Waals surface area contributed by atoms with Crippen LogP contribution >= 0.6 is 34.8 Å². The van der Waals surface area contributed by atoms with Gasteiger partial charge in [0.15, 0.2) is 5.82 Å². The molecule has 0 bridgehead atoms. The largest absolute Gasteiger partial charge is 0.478 e. The first-order chi connectivity index (χ1) is 8.91. The topological polar surface area (TPSA) is 50.2 Å². The summed E-state index contributed by atoms with van der Waals surface area (Å²) in [6, 6.07) is 4.05. The standard InChI is InChI=1S/C12H5Cl3FNO2/c13-6-1-2-7(14)11(15)10(6)9-3-5(12(18)19)8(16)4-17-9/h1-4H,(H,18,19). The van der Waals surface area contributed by atoms with Gasteiger partial charge in [-0.15, -0.1) is 0 Å². The highest BCUT2D eigenvalue weighted by atomic mass is 35.5. The van der Waals surface area contributed by atoms with Crippen molar-refractivity contribution in [3.63, 3.8) is 0 Å². The molecule has 0 atom stereocenters. The third-order valence-electron chi connectivity index (χ3n) is 2.39. The molecule has 0 radical (unpaired) electrons. The second-order valence-electron chi connectivity index (χ2n) is 3.57. The van der Waals surface area contributed by atoms with E-state index in [1.165, 1.54) is 12.1 Å². The molecular formula is C12H5Cl3FNO2. The Morgan fingerprint density at radius 2 is 1.84 bits per heavy atom. The van der Waals surface area contributed by atoms with Gasteiger partial charge in [-0.05, 0) is 18.2 Å². The van der Waals surface area contributed by atoms with Crippen LogP contribution < -0.4 is 0 Å². The number of rotatable bonds is 2. The molecule has 0 aliphatic heterocycles. The summed E-state index contributed by atoms with van der Waals surface area (Å²) in [5.41, 5.74) is -0.119. The molecule has 0 spiro atoms. The van der Waals surface area contributed by atoms with Crippen LogP contribution in [0.3, 0.4) is 0 Å². The molecule has 19 heavy (non-hydrogen) atoms. The first-order valence-corrected chi connectivity index (χ1v) is 6.08. The third-order valence-corrected chi connectivity index (χ3v) is 3.51. The van der Waals surface area contributed by atoms with Gasteiger partial charge >= 0.3 is 5.97 Å². The number of carbonyl (C=O) groups is 1. The Morgan fingerprint density at radius 3 is 2.47 bits per heavy atom. The quantitative estimate of drug-likeness (QED) is 0.826. The first-order valence-electron chi connectivity index (χ1n) is 4.94. The van der Waals surface area contributed by atoms with Crippen LogP contribution in [0.1, 0.15) is 10.4 Å². The second kappa shape index (κ2) is 5.33. The van der Waals surface area contributed by atoms with E-state index in [-0.39, 0.29) is 26.3 Å². The average molecular weight is 321 g/mol. The summed E-state index contributed by atoms with van der Waals surface area (Å²) in [7, 11) is 0. The number of pyridine rings is 1. The van der Waals surface area contributed by atoms with Crippen molar-refractivity contribution in [1.82, 2.24) is 4.98 Å². The van der Waals surface area contributed by atoms with Gasteiger partial charge in [0.25, 0.3) is 0 Å². The Morgan fingerprint density at radius 1 is 1.21 bits per heavy atom. The third kappa shape index (κ3) is 2.66. The van der Waals surface area contributed by atoms with Gasteiger partial charge in [-0.25, -0.2) is 9.18 Å². The predicted octanol–water partition coefficient (Wildman–Crippen LogP) is 4.55. The second-order valence-corrected chi connectivity index (χ2v) is 4.77. The number of carboxylic acids is 1. The van der Waals surface area contributed by atoms with E-state index >= 15 is 0 Å². The Kier molecular flexibility index (Phi) is 3.94. The van der Waals surface area contributed by atoms with E-state index < -0.39 is 17.3 Å². The number of nitrogens with zero attached hydrogens (tertiary/aromatic N) is 1. The van der Waals surface area contributed by atoms with Crippen molar-refractivity contribution in [3.8, 4) is 11.3 Å². The number of hydrogen-bond acceptors (Lipinski definition) is 2. The van der Waals surface area contributed by atoms with E-state index in [0.717, 1.165) is 12.3 Å². The molecule has 0 unspecified atom stereocenters. The molecule has 7 heteroatoms.